The molecule has 0 aromatic carbocycles. The highest BCUT2D eigenvalue weighted by molar-refractivity contribution is 4.71. The Balaban J connectivity index is 2.15. The van der Waals surface area contributed by atoms with E-state index in [1.54, 1.807) is 7.11 Å². The second-order valence-electron chi connectivity index (χ2n) is 5.39. The highest BCUT2D eigenvalue weighted by Crippen LogP contribution is 2.06. The standard InChI is InChI=1S/C14H31N3O/c1-14(18-2)13-17-10-6-9-16(11-12-17)8-5-3-4-7-15/h14H,3-13,15H2,1-2H3. The van der Waals surface area contributed by atoms with Crippen molar-refractivity contribution in [3.05, 3.63) is 0 Å². The van der Waals surface area contributed by atoms with Gasteiger partial charge in [-0.2, -0.15) is 0 Å². The van der Waals surface area contributed by atoms with E-state index < -0.39 is 0 Å². The van der Waals surface area contributed by atoms with Crippen LogP contribution in [0.15, 0.2) is 0 Å². The van der Waals surface area contributed by atoms with Gasteiger partial charge in [0.05, 0.1) is 6.10 Å². The van der Waals surface area contributed by atoms with Gasteiger partial charge in [-0.15, -0.1) is 0 Å². The summed E-state index contributed by atoms with van der Waals surface area (Å²) in [5, 5.41) is 0. The number of ether oxygens (including phenoxy) is 1. The van der Waals surface area contributed by atoms with E-state index in [9.17, 15) is 0 Å². The maximum Gasteiger partial charge on any atom is 0.0670 e. The Morgan fingerprint density at radius 2 is 1.78 bits per heavy atom. The lowest BCUT2D eigenvalue weighted by molar-refractivity contribution is 0.0782. The van der Waals surface area contributed by atoms with Crippen molar-refractivity contribution >= 4 is 0 Å². The molecule has 4 nitrogen and oxygen atoms in total. The van der Waals surface area contributed by atoms with Crippen LogP contribution in [-0.4, -0.2) is 68.8 Å². The minimum Gasteiger partial charge on any atom is -0.380 e. The third-order valence-corrected chi connectivity index (χ3v) is 3.78. The molecule has 2 N–H and O–H groups in total. The predicted octanol–water partition coefficient (Wildman–Crippen LogP) is 1.16. The van der Waals surface area contributed by atoms with Crippen molar-refractivity contribution in [3.63, 3.8) is 0 Å². The minimum absolute atomic E-state index is 0.348. The number of unbranched alkanes of at least 4 members (excludes halogenated alkanes) is 2. The molecule has 0 aromatic heterocycles. The van der Waals surface area contributed by atoms with Gasteiger partial charge in [-0.05, 0) is 52.4 Å². The molecule has 108 valence electrons. The third kappa shape index (κ3) is 6.69. The Labute approximate surface area is 112 Å². The van der Waals surface area contributed by atoms with E-state index >= 15 is 0 Å². The number of methoxy groups -OCH3 is 1. The molecule has 1 saturated heterocycles. The summed E-state index contributed by atoms with van der Waals surface area (Å²) in [4.78, 5) is 5.14. The average molecular weight is 257 g/mol. The Kier molecular flexibility index (Phi) is 8.59. The maximum atomic E-state index is 5.52. The maximum absolute atomic E-state index is 5.52. The summed E-state index contributed by atoms with van der Waals surface area (Å²) in [7, 11) is 1.80. The van der Waals surface area contributed by atoms with Crippen LogP contribution in [0.2, 0.25) is 0 Å². The van der Waals surface area contributed by atoms with Crippen LogP contribution in [0.1, 0.15) is 32.6 Å². The zero-order chi connectivity index (χ0) is 13.2. The molecule has 0 bridgehead atoms. The van der Waals surface area contributed by atoms with E-state index in [1.807, 2.05) is 0 Å². The first-order chi connectivity index (χ1) is 8.76. The second-order valence-corrected chi connectivity index (χ2v) is 5.39. The van der Waals surface area contributed by atoms with E-state index in [0.717, 1.165) is 13.1 Å². The molecule has 1 aliphatic heterocycles. The number of hydrogen-bond donors (Lipinski definition) is 1. The van der Waals surface area contributed by atoms with Gasteiger partial charge in [0.1, 0.15) is 0 Å². The highest BCUT2D eigenvalue weighted by atomic mass is 16.5. The monoisotopic (exact) mass is 257 g/mol. The summed E-state index contributed by atoms with van der Waals surface area (Å²) in [6.07, 6.45) is 5.38. The van der Waals surface area contributed by atoms with Crippen LogP contribution in [0, 0.1) is 0 Å². The van der Waals surface area contributed by atoms with Gasteiger partial charge in [0.15, 0.2) is 0 Å². The molecule has 0 saturated carbocycles. The van der Waals surface area contributed by atoms with Gasteiger partial charge in [-0.1, -0.05) is 6.42 Å². The first-order valence-electron chi connectivity index (χ1n) is 7.44. The average Bonchev–Trinajstić information content (AvgIpc) is 2.60. The van der Waals surface area contributed by atoms with E-state index in [-0.39, 0.29) is 0 Å². The van der Waals surface area contributed by atoms with Gasteiger partial charge in [0.25, 0.3) is 0 Å². The lowest BCUT2D eigenvalue weighted by Crippen LogP contribution is -2.35. The molecular formula is C14H31N3O. The van der Waals surface area contributed by atoms with Gasteiger partial charge < -0.3 is 15.4 Å². The Morgan fingerprint density at radius 1 is 1.06 bits per heavy atom. The third-order valence-electron chi connectivity index (χ3n) is 3.78. The van der Waals surface area contributed by atoms with Crippen LogP contribution in [0.4, 0.5) is 0 Å². The summed E-state index contributed by atoms with van der Waals surface area (Å²) in [5.74, 6) is 0. The van der Waals surface area contributed by atoms with Crippen molar-refractivity contribution < 1.29 is 4.74 Å². The first-order valence-corrected chi connectivity index (χ1v) is 7.44. The normalized spacial score (nSPS) is 20.8. The summed E-state index contributed by atoms with van der Waals surface area (Å²) < 4.78 is 5.35. The van der Waals surface area contributed by atoms with Crippen LogP contribution in [0.5, 0.6) is 0 Å². The number of nitrogens with two attached hydrogens (primary N) is 1. The topological polar surface area (TPSA) is 41.7 Å². The summed E-state index contributed by atoms with van der Waals surface area (Å²) in [6.45, 7) is 10.2. The molecule has 0 amide bonds. The fourth-order valence-electron chi connectivity index (χ4n) is 2.53. The van der Waals surface area contributed by atoms with Crippen molar-refractivity contribution in [1.29, 1.82) is 0 Å². The first kappa shape index (κ1) is 15.9. The lowest BCUT2D eigenvalue weighted by Gasteiger charge is -2.23. The van der Waals surface area contributed by atoms with E-state index in [2.05, 4.69) is 16.7 Å². The van der Waals surface area contributed by atoms with Gasteiger partial charge in [0.2, 0.25) is 0 Å². The van der Waals surface area contributed by atoms with Crippen molar-refractivity contribution in [2.45, 2.75) is 38.7 Å². The zero-order valence-corrected chi connectivity index (χ0v) is 12.2. The minimum atomic E-state index is 0.348. The Hall–Kier alpha value is -0.160. The van der Waals surface area contributed by atoms with Crippen molar-refractivity contribution in [2.75, 3.05) is 52.9 Å². The van der Waals surface area contributed by atoms with Crippen molar-refractivity contribution in [1.82, 2.24) is 9.80 Å². The Bertz CT molecular complexity index is 201. The van der Waals surface area contributed by atoms with Crippen LogP contribution < -0.4 is 5.73 Å². The molecule has 1 rings (SSSR count). The molecule has 0 radical (unpaired) electrons. The van der Waals surface area contributed by atoms with Gasteiger partial charge in [-0.25, -0.2) is 0 Å². The molecule has 18 heavy (non-hydrogen) atoms. The fraction of sp³-hybridized carbons (Fsp3) is 1.00. The molecule has 1 unspecified atom stereocenters. The van der Waals surface area contributed by atoms with E-state index in [1.165, 1.54) is 58.4 Å². The Morgan fingerprint density at radius 3 is 2.50 bits per heavy atom. The lowest BCUT2D eigenvalue weighted by atomic mass is 10.2. The van der Waals surface area contributed by atoms with Gasteiger partial charge in [0, 0.05) is 26.7 Å². The largest absolute Gasteiger partial charge is 0.380 e. The van der Waals surface area contributed by atoms with Crippen LogP contribution in [0.25, 0.3) is 0 Å². The van der Waals surface area contributed by atoms with Crippen molar-refractivity contribution in [2.24, 2.45) is 5.73 Å². The molecule has 0 aromatic rings. The van der Waals surface area contributed by atoms with Crippen LogP contribution in [0.3, 0.4) is 0 Å². The molecule has 1 atom stereocenters. The summed E-state index contributed by atoms with van der Waals surface area (Å²) in [5.41, 5.74) is 5.52. The molecule has 4 heteroatoms. The van der Waals surface area contributed by atoms with Gasteiger partial charge >= 0.3 is 0 Å². The number of nitrogens with zero attached hydrogens (tertiary/aromatic N) is 2. The molecule has 0 spiro atoms. The zero-order valence-electron chi connectivity index (χ0n) is 12.2. The second kappa shape index (κ2) is 9.73. The SMILES string of the molecule is COC(C)CN1CCCN(CCCCCN)CC1. The molecule has 1 heterocycles. The van der Waals surface area contributed by atoms with E-state index in [0.29, 0.717) is 6.10 Å². The highest BCUT2D eigenvalue weighted by Gasteiger charge is 2.15. The molecule has 1 aliphatic rings. The summed E-state index contributed by atoms with van der Waals surface area (Å²) >= 11 is 0. The van der Waals surface area contributed by atoms with Crippen LogP contribution in [-0.2, 0) is 4.74 Å². The summed E-state index contributed by atoms with van der Waals surface area (Å²) in [6, 6.07) is 0. The molecular weight excluding hydrogens is 226 g/mol. The fourth-order valence-corrected chi connectivity index (χ4v) is 2.53. The van der Waals surface area contributed by atoms with Crippen molar-refractivity contribution in [3.8, 4) is 0 Å². The quantitative estimate of drug-likeness (QED) is 0.663. The smallest absolute Gasteiger partial charge is 0.0670 e. The predicted molar refractivity (Wildman–Crippen MR) is 76.9 cm³/mol. The number of hydrogen-bond acceptors (Lipinski definition) is 4. The number of rotatable bonds is 8. The molecule has 0 aliphatic carbocycles. The van der Waals surface area contributed by atoms with E-state index in [4.69, 9.17) is 10.5 Å². The molecule has 1 fully saturated rings. The van der Waals surface area contributed by atoms with Crippen LogP contribution >= 0.6 is 0 Å². The van der Waals surface area contributed by atoms with Gasteiger partial charge in [-0.3, -0.25) is 4.90 Å².